The molecule has 2 aliphatic rings. The van der Waals surface area contributed by atoms with Gasteiger partial charge in [0.2, 0.25) is 0 Å². The zero-order valence-electron chi connectivity index (χ0n) is 14.1. The maximum Gasteiger partial charge on any atom is 0.316 e. The minimum Gasteiger partial charge on any atom is -0.457 e. The number of hydrogen-bond donors (Lipinski definition) is 0. The number of rotatable bonds is 3. The van der Waals surface area contributed by atoms with Gasteiger partial charge in [-0.15, -0.1) is 0 Å². The third kappa shape index (κ3) is 3.44. The lowest BCUT2D eigenvalue weighted by molar-refractivity contribution is 0.0159. The van der Waals surface area contributed by atoms with Crippen molar-refractivity contribution in [2.24, 2.45) is 0 Å². The second-order valence-electron chi connectivity index (χ2n) is 6.65. The van der Waals surface area contributed by atoms with Crippen LogP contribution in [0, 0.1) is 6.92 Å². The van der Waals surface area contributed by atoms with Gasteiger partial charge in [-0.3, -0.25) is 4.90 Å². The first-order valence-corrected chi connectivity index (χ1v) is 8.70. The summed E-state index contributed by atoms with van der Waals surface area (Å²) in [6.45, 7) is 6.36. The zero-order chi connectivity index (χ0) is 16.4. The van der Waals surface area contributed by atoms with Crippen molar-refractivity contribution >= 4 is 0 Å². The zero-order valence-corrected chi connectivity index (χ0v) is 14.1. The smallest absolute Gasteiger partial charge is 0.316 e. The Morgan fingerprint density at radius 1 is 1.21 bits per heavy atom. The highest BCUT2D eigenvalue weighted by atomic mass is 16.5. The summed E-state index contributed by atoms with van der Waals surface area (Å²) < 4.78 is 14.0. The normalized spacial score (nSPS) is 22.8. The standard InChI is InChI=1S/C18H24N4O2/c1-14-4-7-19-18(20-14)24-17-12-21-8-2-3-16(21)11-22(13-17)15-5-9-23-10-6-15/h2-4,7-8,15,17H,5-6,9-13H2,1H3/t17-/m1/s1. The van der Waals surface area contributed by atoms with E-state index in [0.29, 0.717) is 12.1 Å². The average molecular weight is 328 g/mol. The van der Waals surface area contributed by atoms with Gasteiger partial charge in [-0.25, -0.2) is 9.97 Å². The number of nitrogens with zero attached hydrogens (tertiary/aromatic N) is 4. The van der Waals surface area contributed by atoms with Crippen molar-refractivity contribution in [1.82, 2.24) is 19.4 Å². The molecule has 0 aromatic carbocycles. The number of fused-ring (bicyclic) bond motifs is 1. The van der Waals surface area contributed by atoms with Crippen LogP contribution in [0.3, 0.4) is 0 Å². The third-order valence-electron chi connectivity index (χ3n) is 4.88. The lowest BCUT2D eigenvalue weighted by Crippen LogP contribution is -2.43. The Morgan fingerprint density at radius 3 is 2.92 bits per heavy atom. The predicted octanol–water partition coefficient (Wildman–Crippen LogP) is 2.03. The first-order chi connectivity index (χ1) is 11.8. The van der Waals surface area contributed by atoms with Crippen molar-refractivity contribution in [3.8, 4) is 6.01 Å². The summed E-state index contributed by atoms with van der Waals surface area (Å²) >= 11 is 0. The van der Waals surface area contributed by atoms with Crippen molar-refractivity contribution in [3.05, 3.63) is 42.0 Å². The van der Waals surface area contributed by atoms with Crippen LogP contribution in [0.1, 0.15) is 24.2 Å². The Balaban J connectivity index is 1.54. The van der Waals surface area contributed by atoms with Crippen LogP contribution in [-0.2, 0) is 17.8 Å². The first kappa shape index (κ1) is 15.6. The molecule has 6 heteroatoms. The van der Waals surface area contributed by atoms with Crippen molar-refractivity contribution in [1.29, 1.82) is 0 Å². The number of hydrogen-bond acceptors (Lipinski definition) is 5. The Kier molecular flexibility index (Phi) is 4.49. The van der Waals surface area contributed by atoms with Gasteiger partial charge in [0.15, 0.2) is 0 Å². The molecule has 0 unspecified atom stereocenters. The van der Waals surface area contributed by atoms with Crippen molar-refractivity contribution < 1.29 is 9.47 Å². The predicted molar refractivity (Wildman–Crippen MR) is 89.9 cm³/mol. The largest absolute Gasteiger partial charge is 0.457 e. The van der Waals surface area contributed by atoms with Crippen molar-refractivity contribution in [2.75, 3.05) is 19.8 Å². The highest BCUT2D eigenvalue weighted by molar-refractivity contribution is 5.10. The van der Waals surface area contributed by atoms with Gasteiger partial charge < -0.3 is 14.0 Å². The fourth-order valence-electron chi connectivity index (χ4n) is 3.62. The van der Waals surface area contributed by atoms with Gasteiger partial charge in [0, 0.05) is 56.1 Å². The molecule has 0 N–H and O–H groups in total. The number of ether oxygens (including phenoxy) is 2. The SMILES string of the molecule is Cc1ccnc(O[C@H]2CN(C3CCOCC3)Cc3cccn3C2)n1. The van der Waals surface area contributed by atoms with Crippen LogP contribution >= 0.6 is 0 Å². The Labute approximate surface area is 142 Å². The van der Waals surface area contributed by atoms with E-state index in [1.807, 2.05) is 13.0 Å². The van der Waals surface area contributed by atoms with E-state index in [1.54, 1.807) is 6.20 Å². The van der Waals surface area contributed by atoms with Gasteiger partial charge in [0.1, 0.15) is 6.10 Å². The van der Waals surface area contributed by atoms with Gasteiger partial charge in [-0.05, 0) is 38.0 Å². The molecule has 128 valence electrons. The number of aryl methyl sites for hydroxylation is 1. The maximum absolute atomic E-state index is 6.15. The molecule has 0 bridgehead atoms. The van der Waals surface area contributed by atoms with Crippen LogP contribution in [0.25, 0.3) is 0 Å². The molecule has 6 nitrogen and oxygen atoms in total. The van der Waals surface area contributed by atoms with Gasteiger partial charge in [0.05, 0.1) is 6.54 Å². The van der Waals surface area contributed by atoms with Crippen LogP contribution < -0.4 is 4.74 Å². The highest BCUT2D eigenvalue weighted by Gasteiger charge is 2.29. The quantitative estimate of drug-likeness (QED) is 0.863. The van der Waals surface area contributed by atoms with Crippen LogP contribution in [0.4, 0.5) is 0 Å². The molecule has 4 heterocycles. The average Bonchev–Trinajstić information content (AvgIpc) is 2.94. The van der Waals surface area contributed by atoms with E-state index in [9.17, 15) is 0 Å². The fourth-order valence-corrected chi connectivity index (χ4v) is 3.62. The van der Waals surface area contributed by atoms with Crippen LogP contribution in [0.2, 0.25) is 0 Å². The molecule has 2 aromatic rings. The molecule has 4 rings (SSSR count). The summed E-state index contributed by atoms with van der Waals surface area (Å²) in [4.78, 5) is 11.2. The summed E-state index contributed by atoms with van der Waals surface area (Å²) in [5, 5.41) is 0. The Bertz CT molecular complexity index is 681. The van der Waals surface area contributed by atoms with E-state index in [2.05, 4.69) is 37.8 Å². The first-order valence-electron chi connectivity index (χ1n) is 8.70. The molecular weight excluding hydrogens is 304 g/mol. The molecule has 2 aromatic heterocycles. The van der Waals surface area contributed by atoms with Crippen LogP contribution in [0.15, 0.2) is 30.6 Å². The summed E-state index contributed by atoms with van der Waals surface area (Å²) in [5.41, 5.74) is 2.27. The lowest BCUT2D eigenvalue weighted by atomic mass is 10.1. The Hall–Kier alpha value is -1.92. The molecule has 0 amide bonds. The van der Waals surface area contributed by atoms with E-state index in [1.165, 1.54) is 5.69 Å². The molecule has 2 aliphatic heterocycles. The van der Waals surface area contributed by atoms with Gasteiger partial charge in [-0.2, -0.15) is 0 Å². The third-order valence-corrected chi connectivity index (χ3v) is 4.88. The van der Waals surface area contributed by atoms with Crippen LogP contribution in [-0.4, -0.2) is 51.3 Å². The van der Waals surface area contributed by atoms with E-state index in [4.69, 9.17) is 9.47 Å². The highest BCUT2D eigenvalue weighted by Crippen LogP contribution is 2.22. The minimum absolute atomic E-state index is 0.0447. The maximum atomic E-state index is 6.15. The van der Waals surface area contributed by atoms with E-state index in [-0.39, 0.29) is 6.10 Å². The van der Waals surface area contributed by atoms with Gasteiger partial charge >= 0.3 is 6.01 Å². The molecule has 24 heavy (non-hydrogen) atoms. The second-order valence-corrected chi connectivity index (χ2v) is 6.65. The molecular formula is C18H24N4O2. The molecule has 0 radical (unpaired) electrons. The molecule has 1 atom stereocenters. The molecule has 0 saturated carbocycles. The topological polar surface area (TPSA) is 52.4 Å². The monoisotopic (exact) mass is 328 g/mol. The van der Waals surface area contributed by atoms with Gasteiger partial charge in [-0.1, -0.05) is 0 Å². The summed E-state index contributed by atoms with van der Waals surface area (Å²) in [5.74, 6) is 0. The van der Waals surface area contributed by atoms with E-state index < -0.39 is 0 Å². The fraction of sp³-hybridized carbons (Fsp3) is 0.556. The molecule has 0 aliphatic carbocycles. The molecule has 1 saturated heterocycles. The summed E-state index contributed by atoms with van der Waals surface area (Å²) in [6, 6.07) is 7.24. The number of aromatic nitrogens is 3. The van der Waals surface area contributed by atoms with E-state index in [0.717, 1.165) is 51.4 Å². The van der Waals surface area contributed by atoms with E-state index >= 15 is 0 Å². The summed E-state index contributed by atoms with van der Waals surface area (Å²) in [6.07, 6.45) is 6.12. The second kappa shape index (κ2) is 6.91. The summed E-state index contributed by atoms with van der Waals surface area (Å²) in [7, 11) is 0. The van der Waals surface area contributed by atoms with Crippen LogP contribution in [0.5, 0.6) is 6.01 Å². The van der Waals surface area contributed by atoms with Crippen molar-refractivity contribution in [3.63, 3.8) is 0 Å². The molecule has 0 spiro atoms. The Morgan fingerprint density at radius 2 is 2.08 bits per heavy atom. The van der Waals surface area contributed by atoms with Crippen molar-refractivity contribution in [2.45, 2.75) is 45.0 Å². The molecule has 1 fully saturated rings. The minimum atomic E-state index is 0.0447. The lowest BCUT2D eigenvalue weighted by Gasteiger charge is -2.34. The van der Waals surface area contributed by atoms with Gasteiger partial charge in [0.25, 0.3) is 0 Å².